The number of aliphatic hydroxyl groups is 1. The molecule has 7 heteroatoms. The van der Waals surface area contributed by atoms with Crippen LogP contribution in [-0.2, 0) is 7.05 Å². The van der Waals surface area contributed by atoms with Crippen molar-refractivity contribution in [3.05, 3.63) is 29.8 Å². The number of benzene rings is 1. The summed E-state index contributed by atoms with van der Waals surface area (Å²) in [5.41, 5.74) is 1.15. The van der Waals surface area contributed by atoms with Crippen LogP contribution in [-0.4, -0.2) is 43.8 Å². The zero-order valence-corrected chi connectivity index (χ0v) is 13.2. The first-order valence-electron chi connectivity index (χ1n) is 6.83. The van der Waals surface area contributed by atoms with E-state index in [0.717, 1.165) is 11.3 Å². The number of thioether (sulfide) groups is 1. The molecule has 1 N–H and O–H groups in total. The molecule has 0 aliphatic rings. The lowest BCUT2D eigenvalue weighted by Gasteiger charge is -2.16. The Kier molecular flexibility index (Phi) is 5.58. The second-order valence-electron chi connectivity index (χ2n) is 5.05. The van der Waals surface area contributed by atoms with Gasteiger partial charge in [-0.05, 0) is 28.0 Å². The summed E-state index contributed by atoms with van der Waals surface area (Å²) in [5.74, 6) is 1.70. The van der Waals surface area contributed by atoms with Gasteiger partial charge < -0.3 is 9.84 Å². The molecule has 0 fully saturated rings. The van der Waals surface area contributed by atoms with Crippen LogP contribution in [0.3, 0.4) is 0 Å². The summed E-state index contributed by atoms with van der Waals surface area (Å²) in [4.78, 5) is 0. The largest absolute Gasteiger partial charge is 0.491 e. The van der Waals surface area contributed by atoms with E-state index in [-0.39, 0.29) is 6.61 Å². The van der Waals surface area contributed by atoms with Gasteiger partial charge >= 0.3 is 0 Å². The number of para-hydroxylation sites is 1. The van der Waals surface area contributed by atoms with E-state index in [0.29, 0.717) is 16.8 Å². The number of tetrazole rings is 1. The summed E-state index contributed by atoms with van der Waals surface area (Å²) in [6, 6.07) is 7.91. The van der Waals surface area contributed by atoms with Gasteiger partial charge in [-0.15, -0.1) is 5.10 Å². The molecule has 2 rings (SSSR count). The number of aryl methyl sites for hydroxylation is 1. The highest BCUT2D eigenvalue weighted by atomic mass is 32.2. The SMILES string of the molecule is CC(C)c1ccccc1OCC(O)CSc1nnnn1C. The van der Waals surface area contributed by atoms with Crippen LogP contribution in [0.5, 0.6) is 5.75 Å². The molecule has 1 atom stereocenters. The first kappa shape index (κ1) is 15.8. The van der Waals surface area contributed by atoms with Gasteiger partial charge in [0.2, 0.25) is 5.16 Å². The van der Waals surface area contributed by atoms with Crippen molar-refractivity contribution in [2.24, 2.45) is 7.05 Å². The lowest BCUT2D eigenvalue weighted by molar-refractivity contribution is 0.125. The van der Waals surface area contributed by atoms with E-state index in [1.807, 2.05) is 24.3 Å². The molecule has 6 nitrogen and oxygen atoms in total. The van der Waals surface area contributed by atoms with Gasteiger partial charge in [0.15, 0.2) is 0 Å². The van der Waals surface area contributed by atoms with Crippen molar-refractivity contribution in [3.63, 3.8) is 0 Å². The van der Waals surface area contributed by atoms with E-state index in [4.69, 9.17) is 4.74 Å². The Morgan fingerprint density at radius 1 is 1.33 bits per heavy atom. The van der Waals surface area contributed by atoms with Crippen molar-refractivity contribution in [1.82, 2.24) is 20.2 Å². The maximum Gasteiger partial charge on any atom is 0.209 e. The number of nitrogens with zero attached hydrogens (tertiary/aromatic N) is 4. The standard InChI is InChI=1S/C14H20N4O2S/c1-10(2)12-6-4-5-7-13(12)20-8-11(19)9-21-14-15-16-17-18(14)3/h4-7,10-11,19H,8-9H2,1-3H3. The molecular weight excluding hydrogens is 288 g/mol. The molecule has 1 aromatic carbocycles. The number of aliphatic hydroxyl groups excluding tert-OH is 1. The Morgan fingerprint density at radius 3 is 2.76 bits per heavy atom. The predicted octanol–water partition coefficient (Wildman–Crippen LogP) is 1.87. The zero-order chi connectivity index (χ0) is 15.2. The van der Waals surface area contributed by atoms with Crippen LogP contribution >= 0.6 is 11.8 Å². The highest BCUT2D eigenvalue weighted by molar-refractivity contribution is 7.99. The van der Waals surface area contributed by atoms with E-state index in [1.54, 1.807) is 11.7 Å². The molecular formula is C14H20N4O2S. The lowest BCUT2D eigenvalue weighted by Crippen LogP contribution is -2.20. The van der Waals surface area contributed by atoms with Gasteiger partial charge in [-0.3, -0.25) is 0 Å². The van der Waals surface area contributed by atoms with Crippen LogP contribution < -0.4 is 4.74 Å². The minimum Gasteiger partial charge on any atom is -0.491 e. The molecule has 0 amide bonds. The fourth-order valence-electron chi connectivity index (χ4n) is 1.84. The molecule has 1 unspecified atom stereocenters. The molecule has 2 aromatic rings. The predicted molar refractivity (Wildman–Crippen MR) is 81.6 cm³/mol. The Bertz CT molecular complexity index is 574. The second-order valence-corrected chi connectivity index (χ2v) is 6.04. The van der Waals surface area contributed by atoms with Crippen LogP contribution in [0.1, 0.15) is 25.3 Å². The maximum atomic E-state index is 10.0. The Hall–Kier alpha value is -1.60. The van der Waals surface area contributed by atoms with Crippen molar-refractivity contribution < 1.29 is 9.84 Å². The van der Waals surface area contributed by atoms with Gasteiger partial charge in [0, 0.05) is 12.8 Å². The third-order valence-electron chi connectivity index (χ3n) is 2.96. The van der Waals surface area contributed by atoms with Crippen LogP contribution in [0, 0.1) is 0 Å². The molecule has 0 saturated carbocycles. The monoisotopic (exact) mass is 308 g/mol. The van der Waals surface area contributed by atoms with E-state index < -0.39 is 6.10 Å². The lowest BCUT2D eigenvalue weighted by atomic mass is 10.0. The van der Waals surface area contributed by atoms with Crippen LogP contribution in [0.15, 0.2) is 29.4 Å². The summed E-state index contributed by atoms with van der Waals surface area (Å²) in [7, 11) is 1.77. The van der Waals surface area contributed by atoms with E-state index in [9.17, 15) is 5.11 Å². The maximum absolute atomic E-state index is 10.0. The summed E-state index contributed by atoms with van der Waals surface area (Å²) < 4.78 is 7.31. The van der Waals surface area contributed by atoms with E-state index in [1.165, 1.54) is 11.8 Å². The van der Waals surface area contributed by atoms with E-state index in [2.05, 4.69) is 29.4 Å². The van der Waals surface area contributed by atoms with Gasteiger partial charge in [0.1, 0.15) is 12.4 Å². The summed E-state index contributed by atoms with van der Waals surface area (Å²) in [6.45, 7) is 4.49. The fourth-order valence-corrected chi connectivity index (χ4v) is 2.59. The van der Waals surface area contributed by atoms with Gasteiger partial charge in [-0.25, -0.2) is 4.68 Å². The molecule has 0 aliphatic heterocycles. The third kappa shape index (κ3) is 4.44. The average molecular weight is 308 g/mol. The highest BCUT2D eigenvalue weighted by Gasteiger charge is 2.12. The summed E-state index contributed by atoms with van der Waals surface area (Å²) in [5, 5.41) is 21.8. The number of aromatic nitrogens is 4. The van der Waals surface area contributed by atoms with Crippen molar-refractivity contribution in [3.8, 4) is 5.75 Å². The number of hydrogen-bond donors (Lipinski definition) is 1. The van der Waals surface area contributed by atoms with Crippen molar-refractivity contribution in [2.45, 2.75) is 31.0 Å². The van der Waals surface area contributed by atoms with Gasteiger partial charge in [0.05, 0.1) is 6.10 Å². The molecule has 21 heavy (non-hydrogen) atoms. The number of ether oxygens (including phenoxy) is 1. The van der Waals surface area contributed by atoms with Gasteiger partial charge in [0.25, 0.3) is 0 Å². The molecule has 0 aliphatic carbocycles. The Morgan fingerprint density at radius 2 is 2.10 bits per heavy atom. The Labute approximate surface area is 128 Å². The summed E-state index contributed by atoms with van der Waals surface area (Å²) >= 11 is 1.40. The summed E-state index contributed by atoms with van der Waals surface area (Å²) in [6.07, 6.45) is -0.577. The fraction of sp³-hybridized carbons (Fsp3) is 0.500. The second kappa shape index (κ2) is 7.42. The third-order valence-corrected chi connectivity index (χ3v) is 4.11. The van der Waals surface area contributed by atoms with Gasteiger partial charge in [-0.2, -0.15) is 0 Å². The molecule has 0 spiro atoms. The first-order chi connectivity index (χ1) is 10.1. The average Bonchev–Trinajstić information content (AvgIpc) is 2.88. The molecule has 114 valence electrons. The Balaban J connectivity index is 1.84. The molecule has 1 aromatic heterocycles. The zero-order valence-electron chi connectivity index (χ0n) is 12.4. The normalized spacial score (nSPS) is 12.6. The molecule has 0 bridgehead atoms. The van der Waals surface area contributed by atoms with Gasteiger partial charge in [-0.1, -0.05) is 43.8 Å². The van der Waals surface area contributed by atoms with Crippen molar-refractivity contribution in [2.75, 3.05) is 12.4 Å². The number of rotatable bonds is 7. The first-order valence-corrected chi connectivity index (χ1v) is 7.81. The smallest absolute Gasteiger partial charge is 0.209 e. The van der Waals surface area contributed by atoms with Crippen LogP contribution in [0.2, 0.25) is 0 Å². The van der Waals surface area contributed by atoms with Crippen LogP contribution in [0.4, 0.5) is 0 Å². The molecule has 1 heterocycles. The van der Waals surface area contributed by atoms with Crippen LogP contribution in [0.25, 0.3) is 0 Å². The minimum atomic E-state index is -0.577. The molecule has 0 saturated heterocycles. The molecule has 0 radical (unpaired) electrons. The van der Waals surface area contributed by atoms with Crippen molar-refractivity contribution >= 4 is 11.8 Å². The minimum absolute atomic E-state index is 0.252. The highest BCUT2D eigenvalue weighted by Crippen LogP contribution is 2.26. The van der Waals surface area contributed by atoms with E-state index >= 15 is 0 Å². The topological polar surface area (TPSA) is 73.1 Å². The quantitative estimate of drug-likeness (QED) is 0.787. The number of hydrogen-bond acceptors (Lipinski definition) is 6. The van der Waals surface area contributed by atoms with Crippen molar-refractivity contribution in [1.29, 1.82) is 0 Å².